The van der Waals surface area contributed by atoms with Crippen LogP contribution in [0.5, 0.6) is 0 Å². The van der Waals surface area contributed by atoms with Gasteiger partial charge in [-0.25, -0.2) is 8.42 Å². The van der Waals surface area contributed by atoms with Crippen molar-refractivity contribution in [2.75, 3.05) is 0 Å². The van der Waals surface area contributed by atoms with Crippen LogP contribution < -0.4 is 10.3 Å². The van der Waals surface area contributed by atoms with Gasteiger partial charge in [-0.1, -0.05) is 12.1 Å². The highest BCUT2D eigenvalue weighted by atomic mass is 32.2. The average molecular weight is 341 g/mol. The first-order valence-corrected chi connectivity index (χ1v) is 8.32. The molecule has 0 bridgehead atoms. The zero-order chi connectivity index (χ0) is 16.2. The van der Waals surface area contributed by atoms with Crippen molar-refractivity contribution in [2.24, 2.45) is 0 Å². The molecule has 10 heteroatoms. The fraction of sp³-hybridized carbons (Fsp3) is 0.0833. The van der Waals surface area contributed by atoms with Gasteiger partial charge in [-0.15, -0.1) is 16.2 Å². The van der Waals surface area contributed by atoms with Gasteiger partial charge in [0.15, 0.2) is 0 Å². The van der Waals surface area contributed by atoms with Gasteiger partial charge in [-0.2, -0.15) is 0 Å². The smallest absolute Gasteiger partial charge is 0.270 e. The molecule has 1 heterocycles. The summed E-state index contributed by atoms with van der Waals surface area (Å²) in [4.78, 5) is 24.0. The molecule has 0 aliphatic heterocycles. The SMILES string of the molecule is O=C(Cc1cccs1)NNS(=O)(=O)c1cccc([N+](=O)[O-])c1. The Balaban J connectivity index is 2.03. The fourth-order valence-electron chi connectivity index (χ4n) is 1.56. The number of hydrazine groups is 1. The number of nitro groups is 1. The molecule has 2 N–H and O–H groups in total. The Morgan fingerprint density at radius 2 is 2.05 bits per heavy atom. The van der Waals surface area contributed by atoms with Crippen LogP contribution in [0.3, 0.4) is 0 Å². The molecular formula is C12H11N3O5S2. The normalized spacial score (nSPS) is 11.1. The standard InChI is InChI=1S/C12H11N3O5S2/c16-12(8-10-4-2-6-21-10)13-14-22(19,20)11-5-1-3-9(7-11)15(17)18/h1-7,14H,8H2,(H,13,16). The Bertz CT molecular complexity index is 787. The summed E-state index contributed by atoms with van der Waals surface area (Å²) in [6.45, 7) is 0. The molecule has 22 heavy (non-hydrogen) atoms. The molecule has 0 aliphatic rings. The van der Waals surface area contributed by atoms with E-state index in [1.165, 1.54) is 29.5 Å². The largest absolute Gasteiger partial charge is 0.277 e. The second-order valence-electron chi connectivity index (χ2n) is 4.16. The van der Waals surface area contributed by atoms with Gasteiger partial charge in [-0.05, 0) is 17.5 Å². The van der Waals surface area contributed by atoms with Crippen LogP contribution in [0.4, 0.5) is 5.69 Å². The molecule has 2 rings (SSSR count). The van der Waals surface area contributed by atoms with Gasteiger partial charge in [0.2, 0.25) is 5.91 Å². The lowest BCUT2D eigenvalue weighted by atomic mass is 10.3. The monoisotopic (exact) mass is 341 g/mol. The number of sulfonamides is 1. The fourth-order valence-corrected chi connectivity index (χ4v) is 3.17. The van der Waals surface area contributed by atoms with Gasteiger partial charge in [0, 0.05) is 17.0 Å². The van der Waals surface area contributed by atoms with Crippen molar-refractivity contribution < 1.29 is 18.1 Å². The molecule has 1 aromatic carbocycles. The van der Waals surface area contributed by atoms with Crippen LogP contribution >= 0.6 is 11.3 Å². The van der Waals surface area contributed by atoms with Crippen molar-refractivity contribution in [3.63, 3.8) is 0 Å². The molecule has 0 atom stereocenters. The van der Waals surface area contributed by atoms with Crippen molar-refractivity contribution in [1.29, 1.82) is 0 Å². The lowest BCUT2D eigenvalue weighted by Crippen LogP contribution is -2.42. The van der Waals surface area contributed by atoms with E-state index in [4.69, 9.17) is 0 Å². The van der Waals surface area contributed by atoms with E-state index in [0.717, 1.165) is 10.9 Å². The quantitative estimate of drug-likeness (QED) is 0.605. The highest BCUT2D eigenvalue weighted by molar-refractivity contribution is 7.89. The lowest BCUT2D eigenvalue weighted by Gasteiger charge is -2.07. The topological polar surface area (TPSA) is 118 Å². The number of hydrogen-bond acceptors (Lipinski definition) is 6. The van der Waals surface area contributed by atoms with E-state index in [-0.39, 0.29) is 17.0 Å². The first-order chi connectivity index (χ1) is 10.4. The number of rotatable bonds is 6. The van der Waals surface area contributed by atoms with E-state index in [9.17, 15) is 23.3 Å². The van der Waals surface area contributed by atoms with E-state index < -0.39 is 20.9 Å². The molecule has 0 saturated heterocycles. The summed E-state index contributed by atoms with van der Waals surface area (Å²) >= 11 is 1.37. The van der Waals surface area contributed by atoms with Gasteiger partial charge in [0.25, 0.3) is 15.7 Å². The molecule has 1 amide bonds. The summed E-state index contributed by atoms with van der Waals surface area (Å²) in [5.41, 5.74) is 1.71. The van der Waals surface area contributed by atoms with Gasteiger partial charge < -0.3 is 0 Å². The van der Waals surface area contributed by atoms with Gasteiger partial charge in [0.1, 0.15) is 0 Å². The van der Waals surface area contributed by atoms with Crippen LogP contribution in [0, 0.1) is 10.1 Å². The molecule has 1 aromatic heterocycles. The molecule has 8 nitrogen and oxygen atoms in total. The third-order valence-corrected chi connectivity index (χ3v) is 4.70. The zero-order valence-electron chi connectivity index (χ0n) is 11.1. The van der Waals surface area contributed by atoms with Crippen molar-refractivity contribution in [3.05, 3.63) is 56.8 Å². The van der Waals surface area contributed by atoms with E-state index in [2.05, 4.69) is 5.43 Å². The van der Waals surface area contributed by atoms with E-state index >= 15 is 0 Å². The predicted octanol–water partition coefficient (Wildman–Crippen LogP) is 1.21. The Hall–Kier alpha value is -2.30. The molecule has 0 fully saturated rings. The number of nitrogens with zero attached hydrogens (tertiary/aromatic N) is 1. The van der Waals surface area contributed by atoms with Crippen LogP contribution in [-0.4, -0.2) is 19.2 Å². The molecule has 0 unspecified atom stereocenters. The van der Waals surface area contributed by atoms with Crippen molar-refractivity contribution in [3.8, 4) is 0 Å². The minimum Gasteiger partial charge on any atom is -0.277 e. The third-order valence-electron chi connectivity index (χ3n) is 2.58. The summed E-state index contributed by atoms with van der Waals surface area (Å²) in [7, 11) is -4.07. The van der Waals surface area contributed by atoms with Crippen molar-refractivity contribution in [1.82, 2.24) is 10.3 Å². The van der Waals surface area contributed by atoms with Gasteiger partial charge in [0.05, 0.1) is 16.2 Å². The summed E-state index contributed by atoms with van der Waals surface area (Å²) in [6, 6.07) is 8.06. The second kappa shape index (κ2) is 6.64. The second-order valence-corrected chi connectivity index (χ2v) is 6.88. The van der Waals surface area contributed by atoms with Crippen LogP contribution in [-0.2, 0) is 21.2 Å². The molecule has 0 radical (unpaired) electrons. The molecule has 116 valence electrons. The van der Waals surface area contributed by atoms with Crippen molar-refractivity contribution >= 4 is 33.0 Å². The maximum absolute atomic E-state index is 12.0. The summed E-state index contributed by atoms with van der Waals surface area (Å²) in [5, 5.41) is 12.4. The van der Waals surface area contributed by atoms with Crippen LogP contribution in [0.1, 0.15) is 4.88 Å². The third kappa shape index (κ3) is 4.10. The number of benzene rings is 1. The number of carbonyl (C=O) groups excluding carboxylic acids is 1. The number of amides is 1. The zero-order valence-corrected chi connectivity index (χ0v) is 12.7. The predicted molar refractivity (Wildman–Crippen MR) is 79.6 cm³/mol. The number of thiophene rings is 1. The average Bonchev–Trinajstić information content (AvgIpc) is 2.98. The summed E-state index contributed by atoms with van der Waals surface area (Å²) < 4.78 is 23.9. The number of nitro benzene ring substituents is 1. The Kier molecular flexibility index (Phi) is 4.85. The Morgan fingerprint density at radius 1 is 1.27 bits per heavy atom. The molecule has 0 saturated carbocycles. The number of hydrogen-bond donors (Lipinski definition) is 2. The van der Waals surface area contributed by atoms with E-state index in [0.29, 0.717) is 0 Å². The highest BCUT2D eigenvalue weighted by Gasteiger charge is 2.18. The van der Waals surface area contributed by atoms with Crippen LogP contribution in [0.2, 0.25) is 0 Å². The summed E-state index contributed by atoms with van der Waals surface area (Å²) in [5.74, 6) is -0.531. The van der Waals surface area contributed by atoms with E-state index in [1.54, 1.807) is 17.5 Å². The minimum atomic E-state index is -4.07. The first-order valence-electron chi connectivity index (χ1n) is 5.96. The van der Waals surface area contributed by atoms with Gasteiger partial charge >= 0.3 is 0 Å². The maximum atomic E-state index is 12.0. The minimum absolute atomic E-state index is 0.0368. The Morgan fingerprint density at radius 3 is 2.68 bits per heavy atom. The Labute approximate surface area is 130 Å². The maximum Gasteiger partial charge on any atom is 0.270 e. The molecule has 2 aromatic rings. The summed E-state index contributed by atoms with van der Waals surface area (Å²) in [6.07, 6.45) is 0.0368. The van der Waals surface area contributed by atoms with E-state index in [1.807, 2.05) is 4.83 Å². The first kappa shape index (κ1) is 16.1. The highest BCUT2D eigenvalue weighted by Crippen LogP contribution is 2.16. The number of carbonyl (C=O) groups is 1. The number of non-ortho nitro benzene ring substituents is 1. The van der Waals surface area contributed by atoms with Gasteiger partial charge in [-0.3, -0.25) is 20.3 Å². The molecule has 0 aliphatic carbocycles. The molecule has 0 spiro atoms. The molecular weight excluding hydrogens is 330 g/mol. The van der Waals surface area contributed by atoms with Crippen LogP contribution in [0.15, 0.2) is 46.7 Å². The number of nitrogens with one attached hydrogen (secondary N) is 2. The van der Waals surface area contributed by atoms with Crippen LogP contribution in [0.25, 0.3) is 0 Å². The van der Waals surface area contributed by atoms with Crippen molar-refractivity contribution in [2.45, 2.75) is 11.3 Å². The lowest BCUT2D eigenvalue weighted by molar-refractivity contribution is -0.385.